The van der Waals surface area contributed by atoms with E-state index in [1.54, 1.807) is 65.8 Å². The van der Waals surface area contributed by atoms with Gasteiger partial charge in [0, 0.05) is 44.1 Å². The largest absolute Gasteiger partial charge is 0.463 e. The zero-order chi connectivity index (χ0) is 45.8. The Morgan fingerprint density at radius 2 is 1.60 bits per heavy atom. The molecule has 62 heavy (non-hydrogen) atoms. The van der Waals surface area contributed by atoms with E-state index in [0.29, 0.717) is 12.7 Å². The van der Waals surface area contributed by atoms with Crippen molar-refractivity contribution in [2.75, 3.05) is 21.2 Å². The summed E-state index contributed by atoms with van der Waals surface area (Å²) in [5.74, 6) is -6.18. The van der Waals surface area contributed by atoms with Gasteiger partial charge in [0.15, 0.2) is 30.3 Å². The number of likely N-dealkylation sites (N-methyl/N-ethyl adjacent to an activating group) is 1. The number of ether oxygens (including phenoxy) is 7. The minimum Gasteiger partial charge on any atom is -0.463 e. The van der Waals surface area contributed by atoms with Crippen molar-refractivity contribution < 1.29 is 77.6 Å². The smallest absolute Gasteiger partial charge is 0.308 e. The Bertz CT molecular complexity index is 1630. The molecular weight excluding hydrogens is 810 g/mol. The predicted molar refractivity (Wildman–Crippen MR) is 220 cm³/mol. The molecule has 6 rings (SSSR count). The number of carbonyl (C=O) groups is 5. The SMILES string of the molecule is CCCC(=O)O[C@H]1[C@H](C)O[C@@H](O[C@H]2[C@H](N(C)C)[C@@H](O)[C@H](O[C@@H]3[C@@H](OC)[C@H](O)CC(=O)O[C@H](C)CC4C=CC(C5C(=O)C=CC(=O)C45)[C@H](O)[C@H](CC=O)C[C@@H]3C)O[C@@H]2C)C[C@@]1(C)O. The molecule has 0 spiro atoms. The van der Waals surface area contributed by atoms with Crippen LogP contribution in [-0.4, -0.2) is 162 Å². The molecule has 0 aromatic heterocycles. The Labute approximate surface area is 364 Å². The number of fused-ring (bicyclic) bond motifs is 11. The molecule has 20 atom stereocenters. The quantitative estimate of drug-likeness (QED) is 0.132. The first-order chi connectivity index (χ1) is 29.2. The number of carbonyl (C=O) groups excluding carboxylic acids is 5. The van der Waals surface area contributed by atoms with Gasteiger partial charge in [0.05, 0.1) is 49.1 Å². The van der Waals surface area contributed by atoms with Crippen LogP contribution >= 0.6 is 0 Å². The van der Waals surface area contributed by atoms with Crippen molar-refractivity contribution in [1.82, 2.24) is 4.90 Å². The Morgan fingerprint density at radius 3 is 2.21 bits per heavy atom. The van der Waals surface area contributed by atoms with Crippen LogP contribution < -0.4 is 0 Å². The fraction of sp³-hybridized carbons (Fsp3) is 0.800. The number of ketones is 2. The molecule has 6 aliphatic rings. The van der Waals surface area contributed by atoms with Gasteiger partial charge in [0.1, 0.15) is 30.2 Å². The maximum Gasteiger partial charge on any atom is 0.308 e. The highest BCUT2D eigenvalue weighted by molar-refractivity contribution is 6.08. The van der Waals surface area contributed by atoms with Crippen molar-refractivity contribution in [3.63, 3.8) is 0 Å². The van der Waals surface area contributed by atoms with Gasteiger partial charge in [0.25, 0.3) is 0 Å². The van der Waals surface area contributed by atoms with Crippen LogP contribution in [0.5, 0.6) is 0 Å². The van der Waals surface area contributed by atoms with E-state index in [2.05, 4.69) is 0 Å². The van der Waals surface area contributed by atoms with Crippen LogP contribution in [0.3, 0.4) is 0 Å². The lowest BCUT2D eigenvalue weighted by Gasteiger charge is -2.50. The van der Waals surface area contributed by atoms with E-state index < -0.39 is 139 Å². The number of rotatable bonds is 11. The second-order valence-electron chi connectivity index (χ2n) is 18.5. The first kappa shape index (κ1) is 50.0. The van der Waals surface area contributed by atoms with E-state index in [1.807, 2.05) is 6.92 Å². The molecule has 0 saturated carbocycles. The molecule has 17 nitrogen and oxygen atoms in total. The van der Waals surface area contributed by atoms with Crippen molar-refractivity contribution in [1.29, 1.82) is 0 Å². The summed E-state index contributed by atoms with van der Waals surface area (Å²) in [6, 6.07) is -0.791. The maximum absolute atomic E-state index is 13.5. The third-order valence-corrected chi connectivity index (χ3v) is 13.4. The lowest BCUT2D eigenvalue weighted by molar-refractivity contribution is -0.344. The van der Waals surface area contributed by atoms with Crippen molar-refractivity contribution in [2.45, 2.75) is 172 Å². The van der Waals surface area contributed by atoms with E-state index in [9.17, 15) is 44.4 Å². The first-order valence-electron chi connectivity index (χ1n) is 22.1. The predicted octanol–water partition coefficient (Wildman–Crippen LogP) is 1.83. The molecular formula is C45H69NO16. The number of aldehydes is 1. The summed E-state index contributed by atoms with van der Waals surface area (Å²) in [7, 11) is 4.82. The van der Waals surface area contributed by atoms with Gasteiger partial charge in [-0.3, -0.25) is 19.2 Å². The minimum atomic E-state index is -1.50. The Hall–Kier alpha value is -2.97. The summed E-state index contributed by atoms with van der Waals surface area (Å²) in [6.07, 6.45) is -5.74. The molecule has 0 aromatic rings. The number of aliphatic hydroxyl groups excluding tert-OH is 3. The van der Waals surface area contributed by atoms with Gasteiger partial charge < -0.3 is 63.3 Å². The molecule has 0 aromatic carbocycles. The zero-order valence-corrected chi connectivity index (χ0v) is 37.4. The summed E-state index contributed by atoms with van der Waals surface area (Å²) in [6.45, 7) is 10.2. The summed E-state index contributed by atoms with van der Waals surface area (Å²) >= 11 is 0. The second kappa shape index (κ2) is 21.3. The van der Waals surface area contributed by atoms with Gasteiger partial charge >= 0.3 is 11.9 Å². The molecule has 4 heterocycles. The molecule has 2 bridgehead atoms. The topological polar surface area (TPSA) is 234 Å². The number of methoxy groups -OCH3 is 1. The number of esters is 2. The lowest BCUT2D eigenvalue weighted by Crippen LogP contribution is -2.66. The lowest BCUT2D eigenvalue weighted by atomic mass is 9.61. The van der Waals surface area contributed by atoms with Crippen LogP contribution in [0.4, 0.5) is 0 Å². The highest BCUT2D eigenvalue weighted by Gasteiger charge is 2.54. The number of hydrogen-bond donors (Lipinski definition) is 4. The number of allylic oxidation sites excluding steroid dienone is 3. The van der Waals surface area contributed by atoms with Gasteiger partial charge in [-0.05, 0) is 91.0 Å². The molecule has 17 heteroatoms. The highest BCUT2D eigenvalue weighted by atomic mass is 16.7. The third kappa shape index (κ3) is 11.3. The molecule has 3 saturated heterocycles. The van der Waals surface area contributed by atoms with Gasteiger partial charge in [-0.25, -0.2) is 0 Å². The molecule has 3 fully saturated rings. The van der Waals surface area contributed by atoms with Gasteiger partial charge in [-0.15, -0.1) is 0 Å². The molecule has 4 unspecified atom stereocenters. The second-order valence-corrected chi connectivity index (χ2v) is 18.5. The average molecular weight is 880 g/mol. The third-order valence-electron chi connectivity index (χ3n) is 13.4. The van der Waals surface area contributed by atoms with E-state index >= 15 is 0 Å². The van der Waals surface area contributed by atoms with E-state index in [-0.39, 0.29) is 43.7 Å². The standard InChI is InChI=1S/C45H69NO16/c1-10-11-32(51)60-43-25(5)58-34(21-45(43,6)55)61-41-24(4)59-44(39(54)37(41)46(7)8)62-40-22(2)18-27(16-17-47)38(53)28-13-12-26(35-29(48)14-15-30(49)36(28)35)19-23(3)57-33(52)20-31(50)42(40)56-9/h12-15,17,22-28,31,34-44,50,53-55H,10-11,16,18-21H2,1-9H3/t22-,23+,24+,25-,26?,27+,28?,31+,34-,35?,36?,37+,38+,39+,40-,41+,42-,43-,44-,45+/m0/s1. The van der Waals surface area contributed by atoms with E-state index in [1.165, 1.54) is 19.3 Å². The van der Waals surface area contributed by atoms with Gasteiger partial charge in [0.2, 0.25) is 0 Å². The Morgan fingerprint density at radius 1 is 0.919 bits per heavy atom. The van der Waals surface area contributed by atoms with Crippen LogP contribution in [-0.2, 0) is 57.1 Å². The minimum absolute atomic E-state index is 0.0530. The Kier molecular flexibility index (Phi) is 17.2. The highest BCUT2D eigenvalue weighted by Crippen LogP contribution is 2.45. The summed E-state index contributed by atoms with van der Waals surface area (Å²) in [4.78, 5) is 66.5. The van der Waals surface area contributed by atoms with Gasteiger partial charge in [-0.2, -0.15) is 0 Å². The summed E-state index contributed by atoms with van der Waals surface area (Å²) < 4.78 is 42.7. The average Bonchev–Trinajstić information content (AvgIpc) is 3.18. The molecule has 0 amide bonds. The van der Waals surface area contributed by atoms with Crippen LogP contribution in [0, 0.1) is 35.5 Å². The monoisotopic (exact) mass is 879 g/mol. The van der Waals surface area contributed by atoms with Crippen LogP contribution in [0.15, 0.2) is 24.3 Å². The fourth-order valence-corrected chi connectivity index (χ4v) is 10.4. The fourth-order valence-electron chi connectivity index (χ4n) is 10.4. The zero-order valence-electron chi connectivity index (χ0n) is 37.4. The van der Waals surface area contributed by atoms with Crippen molar-refractivity contribution in [2.24, 2.45) is 35.5 Å². The van der Waals surface area contributed by atoms with Crippen LogP contribution in [0.2, 0.25) is 0 Å². The van der Waals surface area contributed by atoms with Gasteiger partial charge in [-0.1, -0.05) is 26.0 Å². The van der Waals surface area contributed by atoms with Crippen molar-refractivity contribution in [3.8, 4) is 0 Å². The van der Waals surface area contributed by atoms with Crippen molar-refractivity contribution in [3.05, 3.63) is 24.3 Å². The van der Waals surface area contributed by atoms with Crippen LogP contribution in [0.25, 0.3) is 0 Å². The number of hydrogen-bond acceptors (Lipinski definition) is 17. The molecule has 4 N–H and O–H groups in total. The molecule has 350 valence electrons. The van der Waals surface area contributed by atoms with E-state index in [4.69, 9.17) is 33.2 Å². The molecule has 4 aliphatic heterocycles. The van der Waals surface area contributed by atoms with Crippen LogP contribution in [0.1, 0.15) is 86.5 Å². The summed E-state index contributed by atoms with van der Waals surface area (Å²) in [5, 5.41) is 47.2. The normalized spacial score (nSPS) is 44.5. The number of nitrogens with zero attached hydrogens (tertiary/aromatic N) is 1. The van der Waals surface area contributed by atoms with E-state index in [0.717, 1.165) is 0 Å². The first-order valence-corrected chi connectivity index (χ1v) is 22.1. The molecule has 0 radical (unpaired) electrons. The summed E-state index contributed by atoms with van der Waals surface area (Å²) in [5.41, 5.74) is -1.50. The Balaban J connectivity index is 1.42. The number of aliphatic hydroxyl groups is 4. The molecule has 2 aliphatic carbocycles. The van der Waals surface area contributed by atoms with Crippen molar-refractivity contribution >= 4 is 29.8 Å². The maximum atomic E-state index is 13.5.